The summed E-state index contributed by atoms with van der Waals surface area (Å²) >= 11 is 5.83. The maximum Gasteiger partial charge on any atom is 0.227 e. The predicted molar refractivity (Wildman–Crippen MR) is 76.2 cm³/mol. The highest BCUT2D eigenvalue weighted by Crippen LogP contribution is 2.27. The summed E-state index contributed by atoms with van der Waals surface area (Å²) in [5.41, 5.74) is 0.113. The van der Waals surface area contributed by atoms with Gasteiger partial charge in [0.2, 0.25) is 5.91 Å². The number of aliphatic hydroxyl groups is 1. The van der Waals surface area contributed by atoms with E-state index in [0.29, 0.717) is 11.4 Å². The molecule has 1 aromatic rings. The quantitative estimate of drug-likeness (QED) is 0.925. The Kier molecular flexibility index (Phi) is 4.16. The summed E-state index contributed by atoms with van der Waals surface area (Å²) in [6.45, 7) is 4.28. The van der Waals surface area contributed by atoms with Gasteiger partial charge in [0.15, 0.2) is 0 Å². The highest BCUT2D eigenvalue weighted by molar-refractivity contribution is 6.30. The van der Waals surface area contributed by atoms with Crippen LogP contribution in [0.2, 0.25) is 5.02 Å². The van der Waals surface area contributed by atoms with E-state index in [0.717, 1.165) is 24.9 Å². The summed E-state index contributed by atoms with van der Waals surface area (Å²) in [6.07, 6.45) is 2.20. The van der Waals surface area contributed by atoms with E-state index in [9.17, 15) is 9.90 Å². The van der Waals surface area contributed by atoms with Crippen LogP contribution in [0.1, 0.15) is 32.3 Å². The molecule has 104 valence electrons. The van der Waals surface area contributed by atoms with Crippen LogP contribution in [0, 0.1) is 0 Å². The molecule has 1 saturated heterocycles. The largest absolute Gasteiger partial charge is 0.388 e. The third-order valence-electron chi connectivity index (χ3n) is 3.66. The maximum absolute atomic E-state index is 12.3. The molecule has 0 aromatic heterocycles. The fraction of sp³-hybridized carbons (Fsp3) is 0.533. The molecular formula is C15H20ClNO2. The molecule has 1 amide bonds. The van der Waals surface area contributed by atoms with Gasteiger partial charge in [-0.05, 0) is 44.4 Å². The fourth-order valence-electron chi connectivity index (χ4n) is 2.68. The first-order valence-electron chi connectivity index (χ1n) is 6.64. The van der Waals surface area contributed by atoms with Crippen molar-refractivity contribution in [1.29, 1.82) is 0 Å². The lowest BCUT2D eigenvalue weighted by Crippen LogP contribution is -2.48. The third-order valence-corrected chi connectivity index (χ3v) is 3.91. The van der Waals surface area contributed by atoms with E-state index >= 15 is 0 Å². The fourth-order valence-corrected chi connectivity index (χ4v) is 2.80. The van der Waals surface area contributed by atoms with Crippen LogP contribution in [0.3, 0.4) is 0 Å². The molecule has 1 unspecified atom stereocenters. The van der Waals surface area contributed by atoms with E-state index in [-0.39, 0.29) is 11.9 Å². The Hall–Kier alpha value is -1.06. The number of nitrogens with zero attached hydrogens (tertiary/aromatic N) is 1. The third kappa shape index (κ3) is 3.48. The van der Waals surface area contributed by atoms with Crippen LogP contribution in [0.4, 0.5) is 0 Å². The van der Waals surface area contributed by atoms with E-state index in [1.807, 2.05) is 17.0 Å². The minimum Gasteiger partial charge on any atom is -0.388 e. The molecular weight excluding hydrogens is 262 g/mol. The molecule has 1 aromatic carbocycles. The smallest absolute Gasteiger partial charge is 0.227 e. The monoisotopic (exact) mass is 281 g/mol. The number of rotatable bonds is 3. The van der Waals surface area contributed by atoms with E-state index in [4.69, 9.17) is 11.6 Å². The Morgan fingerprint density at radius 3 is 2.63 bits per heavy atom. The number of benzene rings is 1. The molecule has 2 rings (SSSR count). The molecule has 19 heavy (non-hydrogen) atoms. The lowest BCUT2D eigenvalue weighted by molar-refractivity contribution is -0.135. The van der Waals surface area contributed by atoms with Crippen molar-refractivity contribution in [2.45, 2.75) is 44.8 Å². The highest BCUT2D eigenvalue weighted by atomic mass is 35.5. The van der Waals surface area contributed by atoms with Crippen LogP contribution in [0.15, 0.2) is 24.3 Å². The number of hydrogen-bond acceptors (Lipinski definition) is 2. The summed E-state index contributed by atoms with van der Waals surface area (Å²) in [4.78, 5) is 14.2. The zero-order valence-electron chi connectivity index (χ0n) is 11.4. The molecule has 1 N–H and O–H groups in total. The van der Waals surface area contributed by atoms with Gasteiger partial charge in [-0.1, -0.05) is 23.7 Å². The number of carbonyl (C=O) groups is 1. The van der Waals surface area contributed by atoms with E-state index in [1.165, 1.54) is 0 Å². The van der Waals surface area contributed by atoms with Gasteiger partial charge in [-0.25, -0.2) is 0 Å². The average Bonchev–Trinajstić information content (AvgIpc) is 2.81. The number of hydrogen-bond donors (Lipinski definition) is 1. The molecule has 1 heterocycles. The maximum atomic E-state index is 12.3. The van der Waals surface area contributed by atoms with Crippen molar-refractivity contribution in [1.82, 2.24) is 4.90 Å². The first-order chi connectivity index (χ1) is 8.88. The van der Waals surface area contributed by atoms with E-state index in [1.54, 1.807) is 26.0 Å². The summed E-state index contributed by atoms with van der Waals surface area (Å²) in [6, 6.07) is 7.25. The standard InChI is InChI=1S/C15H20ClNO2/c1-15(2,19)13-4-3-9-17(13)14(18)10-11-5-7-12(16)8-6-11/h5-8,13,19H,3-4,9-10H2,1-2H3. The predicted octanol–water partition coefficient (Wildman–Crippen LogP) is 2.64. The van der Waals surface area contributed by atoms with Crippen LogP contribution < -0.4 is 0 Å². The summed E-state index contributed by atoms with van der Waals surface area (Å²) in [7, 11) is 0. The Morgan fingerprint density at radius 2 is 2.05 bits per heavy atom. The summed E-state index contributed by atoms with van der Waals surface area (Å²) < 4.78 is 0. The Morgan fingerprint density at radius 1 is 1.42 bits per heavy atom. The van der Waals surface area contributed by atoms with Gasteiger partial charge in [-0.15, -0.1) is 0 Å². The molecule has 0 bridgehead atoms. The number of carbonyl (C=O) groups excluding carboxylic acids is 1. The van der Waals surface area contributed by atoms with Crippen LogP contribution in [-0.4, -0.2) is 34.1 Å². The molecule has 1 aliphatic rings. The van der Waals surface area contributed by atoms with Crippen LogP contribution >= 0.6 is 11.6 Å². The van der Waals surface area contributed by atoms with Crippen molar-refractivity contribution in [3.05, 3.63) is 34.9 Å². The Labute approximate surface area is 119 Å². The molecule has 1 aliphatic heterocycles. The molecule has 1 atom stereocenters. The van der Waals surface area contributed by atoms with Gasteiger partial charge >= 0.3 is 0 Å². The van der Waals surface area contributed by atoms with Gasteiger partial charge in [0.05, 0.1) is 18.1 Å². The highest BCUT2D eigenvalue weighted by Gasteiger charge is 2.38. The second-order valence-electron chi connectivity index (χ2n) is 5.70. The second-order valence-corrected chi connectivity index (χ2v) is 6.14. The number of amides is 1. The molecule has 1 fully saturated rings. The van der Waals surface area contributed by atoms with Gasteiger partial charge in [0.25, 0.3) is 0 Å². The Bertz CT molecular complexity index is 450. The molecule has 0 aliphatic carbocycles. The van der Waals surface area contributed by atoms with Crippen molar-refractivity contribution >= 4 is 17.5 Å². The lowest BCUT2D eigenvalue weighted by atomic mass is 9.96. The molecule has 0 spiro atoms. The second kappa shape index (κ2) is 5.51. The zero-order valence-corrected chi connectivity index (χ0v) is 12.2. The van der Waals surface area contributed by atoms with Crippen LogP contribution in [0.5, 0.6) is 0 Å². The van der Waals surface area contributed by atoms with E-state index in [2.05, 4.69) is 0 Å². The van der Waals surface area contributed by atoms with Crippen LogP contribution in [-0.2, 0) is 11.2 Å². The normalized spacial score (nSPS) is 19.8. The number of halogens is 1. The minimum atomic E-state index is -0.841. The van der Waals surface area contributed by atoms with Crippen molar-refractivity contribution in [3.63, 3.8) is 0 Å². The molecule has 0 radical (unpaired) electrons. The first kappa shape index (κ1) is 14.4. The lowest BCUT2D eigenvalue weighted by Gasteiger charge is -2.33. The molecule has 0 saturated carbocycles. The molecule has 3 nitrogen and oxygen atoms in total. The molecule has 4 heteroatoms. The van der Waals surface area contributed by atoms with Gasteiger partial charge in [0, 0.05) is 11.6 Å². The topological polar surface area (TPSA) is 40.5 Å². The van der Waals surface area contributed by atoms with Gasteiger partial charge in [-0.2, -0.15) is 0 Å². The van der Waals surface area contributed by atoms with Gasteiger partial charge in [-0.3, -0.25) is 4.79 Å². The zero-order chi connectivity index (χ0) is 14.0. The van der Waals surface area contributed by atoms with Crippen molar-refractivity contribution < 1.29 is 9.90 Å². The summed E-state index contributed by atoms with van der Waals surface area (Å²) in [5.74, 6) is 0.0759. The van der Waals surface area contributed by atoms with Crippen molar-refractivity contribution in [3.8, 4) is 0 Å². The van der Waals surface area contributed by atoms with E-state index < -0.39 is 5.60 Å². The van der Waals surface area contributed by atoms with Gasteiger partial charge in [0.1, 0.15) is 0 Å². The first-order valence-corrected chi connectivity index (χ1v) is 7.02. The Balaban J connectivity index is 2.05. The number of likely N-dealkylation sites (tertiary alicyclic amines) is 1. The minimum absolute atomic E-state index is 0.0759. The van der Waals surface area contributed by atoms with Gasteiger partial charge < -0.3 is 10.0 Å². The van der Waals surface area contributed by atoms with Crippen molar-refractivity contribution in [2.24, 2.45) is 0 Å². The summed E-state index contributed by atoms with van der Waals surface area (Å²) in [5, 5.41) is 10.8. The van der Waals surface area contributed by atoms with Crippen LogP contribution in [0.25, 0.3) is 0 Å². The van der Waals surface area contributed by atoms with Crippen molar-refractivity contribution in [2.75, 3.05) is 6.54 Å². The SMILES string of the molecule is CC(C)(O)C1CCCN1C(=O)Cc1ccc(Cl)cc1. The average molecular weight is 282 g/mol.